The molecule has 0 aliphatic rings. The summed E-state index contributed by atoms with van der Waals surface area (Å²) in [5.74, 6) is -0.316. The lowest BCUT2D eigenvalue weighted by molar-refractivity contribution is 0.0266. The molecule has 0 saturated heterocycles. The average molecular weight is 231 g/mol. The van der Waals surface area contributed by atoms with Crippen LogP contribution in [0.1, 0.15) is 10.4 Å². The van der Waals surface area contributed by atoms with Gasteiger partial charge in [-0.15, -0.1) is 13.2 Å². The Bertz CT molecular complexity index is 363. The van der Waals surface area contributed by atoms with Crippen molar-refractivity contribution in [1.82, 2.24) is 4.90 Å². The molecule has 0 N–H and O–H groups in total. The first-order valence-electron chi connectivity index (χ1n) is 5.44. The number of ether oxygens (including phenoxy) is 1. The molecule has 0 aliphatic carbocycles. The highest BCUT2D eigenvalue weighted by Gasteiger charge is 2.08. The van der Waals surface area contributed by atoms with Gasteiger partial charge in [0.05, 0.1) is 5.56 Å². The Morgan fingerprint density at radius 2 is 1.76 bits per heavy atom. The van der Waals surface area contributed by atoms with Crippen LogP contribution >= 0.6 is 0 Å². The molecule has 0 bridgehead atoms. The van der Waals surface area contributed by atoms with Crippen LogP contribution in [0.4, 0.5) is 0 Å². The lowest BCUT2D eigenvalue weighted by Gasteiger charge is -2.18. The van der Waals surface area contributed by atoms with E-state index in [2.05, 4.69) is 13.2 Å². The topological polar surface area (TPSA) is 29.5 Å². The van der Waals surface area contributed by atoms with E-state index in [-0.39, 0.29) is 12.7 Å². The smallest absolute Gasteiger partial charge is 0.339 e. The van der Waals surface area contributed by atoms with Gasteiger partial charge in [0.15, 0.2) is 0 Å². The van der Waals surface area contributed by atoms with Crippen molar-refractivity contribution < 1.29 is 9.53 Å². The molecule has 0 fully saturated rings. The SMILES string of the molecule is C=CCN(CC=C)COC(=O)c1ccccc1. The van der Waals surface area contributed by atoms with Crippen LogP contribution in [-0.2, 0) is 4.74 Å². The summed E-state index contributed by atoms with van der Waals surface area (Å²) in [6.45, 7) is 8.87. The van der Waals surface area contributed by atoms with E-state index in [1.165, 1.54) is 0 Å². The zero-order valence-corrected chi connectivity index (χ0v) is 9.84. The largest absolute Gasteiger partial charge is 0.446 e. The highest BCUT2D eigenvalue weighted by atomic mass is 16.5. The number of carbonyl (C=O) groups excluding carboxylic acids is 1. The first kappa shape index (κ1) is 13.2. The number of benzene rings is 1. The van der Waals surface area contributed by atoms with Gasteiger partial charge < -0.3 is 4.74 Å². The van der Waals surface area contributed by atoms with Crippen LogP contribution in [0, 0.1) is 0 Å². The van der Waals surface area contributed by atoms with E-state index in [0.717, 1.165) is 0 Å². The minimum atomic E-state index is -0.316. The average Bonchev–Trinajstić information content (AvgIpc) is 2.37. The maximum atomic E-state index is 11.7. The van der Waals surface area contributed by atoms with E-state index in [0.29, 0.717) is 18.7 Å². The van der Waals surface area contributed by atoms with E-state index >= 15 is 0 Å². The monoisotopic (exact) mass is 231 g/mol. The molecule has 0 unspecified atom stereocenters. The third kappa shape index (κ3) is 4.66. The Morgan fingerprint density at radius 3 is 2.29 bits per heavy atom. The Morgan fingerprint density at radius 1 is 1.18 bits per heavy atom. The molecule has 1 aromatic carbocycles. The fourth-order valence-corrected chi connectivity index (χ4v) is 1.35. The minimum absolute atomic E-state index is 0.242. The molecule has 0 aromatic heterocycles. The summed E-state index contributed by atoms with van der Waals surface area (Å²) in [6.07, 6.45) is 3.53. The van der Waals surface area contributed by atoms with Crippen molar-refractivity contribution in [1.29, 1.82) is 0 Å². The third-order valence-corrected chi connectivity index (χ3v) is 2.16. The Balaban J connectivity index is 2.46. The van der Waals surface area contributed by atoms with E-state index in [9.17, 15) is 4.79 Å². The quantitative estimate of drug-likeness (QED) is 0.410. The lowest BCUT2D eigenvalue weighted by atomic mass is 10.2. The van der Waals surface area contributed by atoms with Crippen LogP contribution in [0.15, 0.2) is 55.6 Å². The van der Waals surface area contributed by atoms with Crippen molar-refractivity contribution in [2.45, 2.75) is 0 Å². The van der Waals surface area contributed by atoms with Crippen molar-refractivity contribution in [3.8, 4) is 0 Å². The summed E-state index contributed by atoms with van der Waals surface area (Å²) < 4.78 is 5.19. The zero-order valence-electron chi connectivity index (χ0n) is 9.84. The summed E-state index contributed by atoms with van der Waals surface area (Å²) in [6, 6.07) is 8.93. The van der Waals surface area contributed by atoms with E-state index in [1.807, 2.05) is 23.1 Å². The third-order valence-electron chi connectivity index (χ3n) is 2.16. The number of nitrogens with zero attached hydrogens (tertiary/aromatic N) is 1. The second-order valence-electron chi connectivity index (χ2n) is 3.54. The number of hydrogen-bond acceptors (Lipinski definition) is 3. The van der Waals surface area contributed by atoms with Crippen molar-refractivity contribution in [3.63, 3.8) is 0 Å². The summed E-state index contributed by atoms with van der Waals surface area (Å²) >= 11 is 0. The summed E-state index contributed by atoms with van der Waals surface area (Å²) in [5.41, 5.74) is 0.560. The van der Waals surface area contributed by atoms with Crippen molar-refractivity contribution in [2.75, 3.05) is 19.8 Å². The van der Waals surface area contributed by atoms with Crippen molar-refractivity contribution in [3.05, 3.63) is 61.2 Å². The molecule has 0 amide bonds. The van der Waals surface area contributed by atoms with Crippen LogP contribution in [0.25, 0.3) is 0 Å². The molecular weight excluding hydrogens is 214 g/mol. The van der Waals surface area contributed by atoms with Crippen LogP contribution in [0.3, 0.4) is 0 Å². The normalized spacial score (nSPS) is 9.94. The van der Waals surface area contributed by atoms with E-state index in [1.54, 1.807) is 24.3 Å². The minimum Gasteiger partial charge on any atom is -0.446 e. The van der Waals surface area contributed by atoms with Crippen LogP contribution in [0.5, 0.6) is 0 Å². The van der Waals surface area contributed by atoms with Gasteiger partial charge in [0.2, 0.25) is 0 Å². The zero-order chi connectivity index (χ0) is 12.5. The van der Waals surface area contributed by atoms with Crippen LogP contribution < -0.4 is 0 Å². The van der Waals surface area contributed by atoms with Crippen molar-refractivity contribution in [2.24, 2.45) is 0 Å². The highest BCUT2D eigenvalue weighted by Crippen LogP contribution is 2.02. The standard InChI is InChI=1S/C14H17NO2/c1-3-10-15(11-4-2)12-17-14(16)13-8-6-5-7-9-13/h3-9H,1-2,10-12H2. The Hall–Kier alpha value is -1.87. The number of rotatable bonds is 7. The molecule has 3 nitrogen and oxygen atoms in total. The highest BCUT2D eigenvalue weighted by molar-refractivity contribution is 5.89. The molecular formula is C14H17NO2. The van der Waals surface area contributed by atoms with E-state index in [4.69, 9.17) is 4.74 Å². The van der Waals surface area contributed by atoms with Gasteiger partial charge in [-0.1, -0.05) is 30.4 Å². The molecule has 90 valence electrons. The summed E-state index contributed by atoms with van der Waals surface area (Å²) in [4.78, 5) is 13.6. The van der Waals surface area contributed by atoms with Gasteiger partial charge >= 0.3 is 5.97 Å². The fraction of sp³-hybridized carbons (Fsp3) is 0.214. The molecule has 0 saturated carbocycles. The van der Waals surface area contributed by atoms with Crippen LogP contribution in [0.2, 0.25) is 0 Å². The predicted molar refractivity (Wildman–Crippen MR) is 68.7 cm³/mol. The number of hydrogen-bond donors (Lipinski definition) is 0. The van der Waals surface area contributed by atoms with Crippen molar-refractivity contribution >= 4 is 5.97 Å². The molecule has 17 heavy (non-hydrogen) atoms. The second-order valence-corrected chi connectivity index (χ2v) is 3.54. The Kier molecular flexibility index (Phi) is 5.75. The van der Waals surface area contributed by atoms with Gasteiger partial charge in [0.25, 0.3) is 0 Å². The number of esters is 1. The maximum absolute atomic E-state index is 11.7. The molecule has 1 aromatic rings. The first-order valence-corrected chi connectivity index (χ1v) is 5.44. The Labute approximate surface area is 102 Å². The fourth-order valence-electron chi connectivity index (χ4n) is 1.35. The van der Waals surface area contributed by atoms with Gasteiger partial charge in [-0.3, -0.25) is 4.90 Å². The van der Waals surface area contributed by atoms with Gasteiger partial charge in [0.1, 0.15) is 6.73 Å². The van der Waals surface area contributed by atoms with Gasteiger partial charge in [0, 0.05) is 13.1 Å². The molecule has 1 rings (SSSR count). The molecule has 0 aliphatic heterocycles. The van der Waals surface area contributed by atoms with Gasteiger partial charge in [-0.25, -0.2) is 4.79 Å². The summed E-state index contributed by atoms with van der Waals surface area (Å²) in [5, 5.41) is 0. The molecule has 0 spiro atoms. The molecule has 0 heterocycles. The second kappa shape index (κ2) is 7.41. The lowest BCUT2D eigenvalue weighted by Crippen LogP contribution is -2.28. The molecule has 0 radical (unpaired) electrons. The van der Waals surface area contributed by atoms with Gasteiger partial charge in [-0.2, -0.15) is 0 Å². The predicted octanol–water partition coefficient (Wildman–Crippen LogP) is 2.47. The summed E-state index contributed by atoms with van der Waals surface area (Å²) in [7, 11) is 0. The molecule has 3 heteroatoms. The van der Waals surface area contributed by atoms with Crippen LogP contribution in [-0.4, -0.2) is 30.7 Å². The van der Waals surface area contributed by atoms with Gasteiger partial charge in [-0.05, 0) is 12.1 Å². The number of carbonyl (C=O) groups is 1. The first-order chi connectivity index (χ1) is 8.27. The maximum Gasteiger partial charge on any atom is 0.339 e. The molecule has 0 atom stereocenters. The van der Waals surface area contributed by atoms with E-state index < -0.39 is 0 Å².